The van der Waals surface area contributed by atoms with Crippen molar-refractivity contribution < 1.29 is 31.2 Å². The lowest BCUT2D eigenvalue weighted by molar-refractivity contribution is -0.137. The first-order valence-electron chi connectivity index (χ1n) is 13.3. The third-order valence-corrected chi connectivity index (χ3v) is 8.13. The fourth-order valence-electron chi connectivity index (χ4n) is 5.06. The number of nitrogens with two attached hydrogens (primary N) is 1. The molecule has 1 saturated heterocycles. The Labute approximate surface area is 244 Å². The number of sulfone groups is 1. The minimum absolute atomic E-state index is 0.0836. The number of amides is 2. The van der Waals surface area contributed by atoms with Crippen molar-refractivity contribution in [1.82, 2.24) is 24.3 Å². The molecule has 226 valence electrons. The van der Waals surface area contributed by atoms with Gasteiger partial charge in [0.05, 0.1) is 11.3 Å². The summed E-state index contributed by atoms with van der Waals surface area (Å²) in [4.78, 5) is 40.0. The van der Waals surface area contributed by atoms with E-state index in [1.54, 1.807) is 29.4 Å². The lowest BCUT2D eigenvalue weighted by Crippen LogP contribution is -2.40. The van der Waals surface area contributed by atoms with Crippen LogP contribution in [0, 0.1) is 0 Å². The third kappa shape index (κ3) is 6.77. The molecule has 0 radical (unpaired) electrons. The molecule has 1 atom stereocenters. The Balaban J connectivity index is 1.39. The number of nitrogen functional groups attached to an aromatic ring is 1. The Morgan fingerprint density at radius 1 is 1.12 bits per heavy atom. The molecule has 11 nitrogen and oxygen atoms in total. The molecule has 15 heteroatoms. The van der Waals surface area contributed by atoms with Crippen LogP contribution in [-0.2, 0) is 20.8 Å². The second-order valence-corrected chi connectivity index (χ2v) is 12.6. The van der Waals surface area contributed by atoms with Crippen molar-refractivity contribution in [2.75, 3.05) is 36.1 Å². The molecule has 43 heavy (non-hydrogen) atoms. The summed E-state index contributed by atoms with van der Waals surface area (Å²) in [7, 11) is -3.27. The van der Waals surface area contributed by atoms with Crippen molar-refractivity contribution in [3.8, 4) is 11.3 Å². The molecule has 0 unspecified atom stereocenters. The van der Waals surface area contributed by atoms with Crippen molar-refractivity contribution >= 4 is 38.8 Å². The number of piperidine rings is 1. The zero-order valence-corrected chi connectivity index (χ0v) is 23.8. The van der Waals surface area contributed by atoms with E-state index in [0.29, 0.717) is 42.1 Å². The molecule has 5 rings (SSSR count). The van der Waals surface area contributed by atoms with Gasteiger partial charge in [0.1, 0.15) is 38.5 Å². The summed E-state index contributed by atoms with van der Waals surface area (Å²) in [5.41, 5.74) is 7.19. The molecule has 0 bridgehead atoms. The predicted molar refractivity (Wildman–Crippen MR) is 153 cm³/mol. The molecule has 4 aromatic rings. The average molecular weight is 616 g/mol. The number of anilines is 2. The molecule has 0 saturated carbocycles. The predicted octanol–water partition coefficient (Wildman–Crippen LogP) is 3.79. The number of imidazole rings is 1. The molecule has 1 aromatic carbocycles. The Hall–Kier alpha value is -4.53. The smallest absolute Gasteiger partial charge is 0.382 e. The molecule has 0 spiro atoms. The minimum atomic E-state index is -4.57. The summed E-state index contributed by atoms with van der Waals surface area (Å²) in [6, 6.07) is 7.89. The highest BCUT2D eigenvalue weighted by molar-refractivity contribution is 7.90. The molecule has 4 heterocycles. The van der Waals surface area contributed by atoms with E-state index in [1.807, 2.05) is 4.40 Å². The molecule has 2 amide bonds. The normalized spacial score (nSPS) is 15.9. The number of pyridine rings is 1. The Kier molecular flexibility index (Phi) is 8.10. The van der Waals surface area contributed by atoms with Crippen LogP contribution in [0.1, 0.15) is 46.9 Å². The van der Waals surface area contributed by atoms with Crippen LogP contribution in [0.25, 0.3) is 16.8 Å². The number of fused-ring (bicyclic) bond motifs is 1. The summed E-state index contributed by atoms with van der Waals surface area (Å²) >= 11 is 0. The summed E-state index contributed by atoms with van der Waals surface area (Å²) in [5, 5.41) is 2.38. The Bertz CT molecular complexity index is 1790. The van der Waals surface area contributed by atoms with Crippen LogP contribution in [0.15, 0.2) is 55.0 Å². The number of aromatic nitrogens is 4. The SMILES string of the molecule is CS(=O)(=O)CCC(=O)N1CCC[C@@H](c2nc(-c3ccc(C(=O)Nc4cc(C(F)(F)F)ccn4)cc3)c3c(N)nccn23)C1. The van der Waals surface area contributed by atoms with E-state index >= 15 is 0 Å². The molecule has 1 fully saturated rings. The van der Waals surface area contributed by atoms with Gasteiger partial charge in [0.2, 0.25) is 5.91 Å². The van der Waals surface area contributed by atoms with E-state index in [9.17, 15) is 31.2 Å². The number of carbonyl (C=O) groups excluding carboxylic acids is 2. The van der Waals surface area contributed by atoms with Crippen molar-refractivity contribution in [2.45, 2.75) is 31.4 Å². The van der Waals surface area contributed by atoms with Gasteiger partial charge in [0.15, 0.2) is 0 Å². The molecule has 1 aliphatic heterocycles. The van der Waals surface area contributed by atoms with E-state index in [-0.39, 0.29) is 41.2 Å². The molecule has 3 aromatic heterocycles. The van der Waals surface area contributed by atoms with Crippen LogP contribution in [0.4, 0.5) is 24.8 Å². The maximum atomic E-state index is 13.0. The number of nitrogens with one attached hydrogen (secondary N) is 1. The van der Waals surface area contributed by atoms with Crippen LogP contribution < -0.4 is 11.1 Å². The lowest BCUT2D eigenvalue weighted by Gasteiger charge is -2.32. The van der Waals surface area contributed by atoms with Crippen LogP contribution in [0.5, 0.6) is 0 Å². The fourth-order valence-corrected chi connectivity index (χ4v) is 5.61. The number of alkyl halides is 3. The second-order valence-electron chi connectivity index (χ2n) is 10.4. The molecule has 0 aliphatic carbocycles. The van der Waals surface area contributed by atoms with Gasteiger partial charge in [-0.25, -0.2) is 23.4 Å². The molecule has 1 aliphatic rings. The molecular formula is C28H28F3N7O4S. The number of hydrogen-bond donors (Lipinski definition) is 2. The van der Waals surface area contributed by atoms with Crippen LogP contribution in [0.2, 0.25) is 0 Å². The summed E-state index contributed by atoms with van der Waals surface area (Å²) in [6.45, 7) is 0.893. The zero-order valence-electron chi connectivity index (χ0n) is 23.0. The second kappa shape index (κ2) is 11.6. The lowest BCUT2D eigenvalue weighted by atomic mass is 9.97. The number of carbonyl (C=O) groups is 2. The third-order valence-electron chi connectivity index (χ3n) is 7.19. The number of likely N-dealkylation sites (tertiary alicyclic amines) is 1. The maximum absolute atomic E-state index is 13.0. The number of halogens is 3. The number of rotatable bonds is 7. The summed E-state index contributed by atoms with van der Waals surface area (Å²) in [5.74, 6) is -0.573. The number of nitrogens with zero attached hydrogens (tertiary/aromatic N) is 5. The van der Waals surface area contributed by atoms with E-state index in [2.05, 4.69) is 15.3 Å². The standard InChI is InChI=1S/C28H28F3N7O4S/c1-43(41,42)14-9-22(39)37-12-2-3-19(16-37)26-36-23(24-25(32)34-11-13-38(24)26)17-4-6-18(7-5-17)27(40)35-21-15-20(8-10-33-21)28(29,30)31/h4-8,10-11,13,15,19H,2-3,9,12,14,16H2,1H3,(H2,32,34)(H,33,35,40)/t19-/m1/s1. The van der Waals surface area contributed by atoms with Crippen LogP contribution >= 0.6 is 0 Å². The van der Waals surface area contributed by atoms with Gasteiger partial charge >= 0.3 is 6.18 Å². The maximum Gasteiger partial charge on any atom is 0.416 e. The van der Waals surface area contributed by atoms with Gasteiger partial charge < -0.3 is 16.0 Å². The summed E-state index contributed by atoms with van der Waals surface area (Å²) in [6.07, 6.45) is 2.15. The average Bonchev–Trinajstić information content (AvgIpc) is 3.36. The zero-order chi connectivity index (χ0) is 30.9. The van der Waals surface area contributed by atoms with Gasteiger partial charge in [-0.3, -0.25) is 14.0 Å². The van der Waals surface area contributed by atoms with E-state index in [4.69, 9.17) is 10.7 Å². The van der Waals surface area contributed by atoms with Crippen molar-refractivity contribution in [2.24, 2.45) is 0 Å². The first-order valence-corrected chi connectivity index (χ1v) is 15.4. The van der Waals surface area contributed by atoms with E-state index in [1.165, 1.54) is 12.1 Å². The minimum Gasteiger partial charge on any atom is -0.382 e. The fraction of sp³-hybridized carbons (Fsp3) is 0.321. The monoisotopic (exact) mass is 615 g/mol. The highest BCUT2D eigenvalue weighted by atomic mass is 32.2. The van der Waals surface area contributed by atoms with E-state index in [0.717, 1.165) is 31.0 Å². The largest absolute Gasteiger partial charge is 0.416 e. The van der Waals surface area contributed by atoms with Gasteiger partial charge in [0.25, 0.3) is 5.91 Å². The van der Waals surface area contributed by atoms with Crippen molar-refractivity contribution in [1.29, 1.82) is 0 Å². The van der Waals surface area contributed by atoms with Gasteiger partial charge in [-0.2, -0.15) is 13.2 Å². The summed E-state index contributed by atoms with van der Waals surface area (Å²) < 4.78 is 64.0. The van der Waals surface area contributed by atoms with Gasteiger partial charge in [-0.05, 0) is 37.1 Å². The van der Waals surface area contributed by atoms with Crippen molar-refractivity contribution in [3.05, 3.63) is 71.9 Å². The Morgan fingerprint density at radius 2 is 1.86 bits per heavy atom. The highest BCUT2D eigenvalue weighted by Gasteiger charge is 2.31. The molecule has 3 N–H and O–H groups in total. The number of hydrogen-bond acceptors (Lipinski definition) is 8. The first-order chi connectivity index (χ1) is 20.3. The Morgan fingerprint density at radius 3 is 2.56 bits per heavy atom. The van der Waals surface area contributed by atoms with Crippen LogP contribution in [0.3, 0.4) is 0 Å². The van der Waals surface area contributed by atoms with E-state index < -0.39 is 27.5 Å². The van der Waals surface area contributed by atoms with Crippen molar-refractivity contribution in [3.63, 3.8) is 0 Å². The van der Waals surface area contributed by atoms with Gasteiger partial charge in [0, 0.05) is 61.4 Å². The topological polar surface area (TPSA) is 153 Å². The quantitative estimate of drug-likeness (QED) is 0.319. The number of benzene rings is 1. The van der Waals surface area contributed by atoms with Gasteiger partial charge in [-0.15, -0.1) is 0 Å². The van der Waals surface area contributed by atoms with Gasteiger partial charge in [-0.1, -0.05) is 12.1 Å². The first kappa shape index (κ1) is 29.9. The molecular weight excluding hydrogens is 587 g/mol. The van der Waals surface area contributed by atoms with Crippen LogP contribution in [-0.4, -0.2) is 69.6 Å². The highest BCUT2D eigenvalue weighted by Crippen LogP contribution is 2.34.